The predicted octanol–water partition coefficient (Wildman–Crippen LogP) is -0.0256. The van der Waals surface area contributed by atoms with Gasteiger partial charge in [0, 0.05) is 12.2 Å². The molecule has 1 rings (SSSR count). The summed E-state index contributed by atoms with van der Waals surface area (Å²) in [6.45, 7) is 7.80. The summed E-state index contributed by atoms with van der Waals surface area (Å²) < 4.78 is 0. The summed E-state index contributed by atoms with van der Waals surface area (Å²) in [5.74, 6) is -0.0931. The number of nitrogens with one attached hydrogen (secondary N) is 3. The Hall–Kier alpha value is -1.88. The number of hydrogen-bond donors (Lipinski definition) is 3. The molecule has 0 bridgehead atoms. The maximum atomic E-state index is 12.0. The van der Waals surface area contributed by atoms with Gasteiger partial charge in [-0.1, -0.05) is 12.1 Å². The highest BCUT2D eigenvalue weighted by atomic mass is 16.2. The molecule has 1 aromatic carbocycles. The van der Waals surface area contributed by atoms with Crippen LogP contribution >= 0.6 is 0 Å². The maximum absolute atomic E-state index is 12.0. The zero-order chi connectivity index (χ0) is 15.0. The molecule has 0 saturated carbocycles. The van der Waals surface area contributed by atoms with E-state index in [9.17, 15) is 9.59 Å². The molecule has 0 fully saturated rings. The van der Waals surface area contributed by atoms with Crippen LogP contribution in [0.3, 0.4) is 0 Å². The molecule has 1 atom stereocenters. The first-order valence-electron chi connectivity index (χ1n) is 7.02. The second-order valence-electron chi connectivity index (χ2n) is 4.83. The van der Waals surface area contributed by atoms with E-state index in [1.54, 1.807) is 0 Å². The SMILES string of the molecule is CCNC(=O)C[NH+](CC)CC(=O)Nc1cccc(C)c1. The second kappa shape index (κ2) is 8.32. The molecule has 1 aromatic rings. The Kier molecular flexibility index (Phi) is 6.73. The van der Waals surface area contributed by atoms with Gasteiger partial charge in [-0.05, 0) is 38.5 Å². The van der Waals surface area contributed by atoms with Crippen LogP contribution in [-0.2, 0) is 9.59 Å². The third kappa shape index (κ3) is 5.84. The van der Waals surface area contributed by atoms with E-state index in [2.05, 4.69) is 10.6 Å². The van der Waals surface area contributed by atoms with Gasteiger partial charge in [0.25, 0.3) is 11.8 Å². The number of benzene rings is 1. The Morgan fingerprint density at radius 1 is 1.15 bits per heavy atom. The minimum Gasteiger partial charge on any atom is -0.351 e. The molecular formula is C15H24N3O2+. The van der Waals surface area contributed by atoms with Crippen LogP contribution in [-0.4, -0.2) is 38.0 Å². The molecule has 0 aliphatic heterocycles. The molecule has 0 aromatic heterocycles. The standard InChI is InChI=1S/C15H23N3O2/c1-4-16-14(19)10-18(5-2)11-15(20)17-13-8-6-7-12(3)9-13/h6-9H,4-5,10-11H2,1-3H3,(H,16,19)(H,17,20)/p+1. The summed E-state index contributed by atoms with van der Waals surface area (Å²) in [5, 5.41) is 5.61. The van der Waals surface area contributed by atoms with E-state index >= 15 is 0 Å². The number of quaternary nitrogens is 1. The van der Waals surface area contributed by atoms with Gasteiger partial charge < -0.3 is 15.5 Å². The molecule has 1 unspecified atom stereocenters. The largest absolute Gasteiger partial charge is 0.351 e. The molecule has 0 heterocycles. The summed E-state index contributed by atoms with van der Waals surface area (Å²) in [6.07, 6.45) is 0. The number of amides is 2. The number of carbonyl (C=O) groups excluding carboxylic acids is 2. The molecule has 0 radical (unpaired) electrons. The highest BCUT2D eigenvalue weighted by molar-refractivity contribution is 5.91. The quantitative estimate of drug-likeness (QED) is 0.656. The van der Waals surface area contributed by atoms with Crippen LogP contribution in [0.2, 0.25) is 0 Å². The van der Waals surface area contributed by atoms with Crippen LogP contribution in [0.25, 0.3) is 0 Å². The highest BCUT2D eigenvalue weighted by Gasteiger charge is 2.16. The van der Waals surface area contributed by atoms with Crippen molar-refractivity contribution < 1.29 is 14.5 Å². The number of likely N-dealkylation sites (N-methyl/N-ethyl adjacent to an activating group) is 2. The van der Waals surface area contributed by atoms with Crippen molar-refractivity contribution in [3.05, 3.63) is 29.8 Å². The van der Waals surface area contributed by atoms with E-state index in [1.165, 1.54) is 0 Å². The minimum absolute atomic E-state index is 0.0206. The van der Waals surface area contributed by atoms with Gasteiger partial charge in [0.2, 0.25) is 0 Å². The van der Waals surface area contributed by atoms with Gasteiger partial charge >= 0.3 is 0 Å². The fourth-order valence-corrected chi connectivity index (χ4v) is 1.95. The number of anilines is 1. The van der Waals surface area contributed by atoms with Crippen LogP contribution in [0.4, 0.5) is 5.69 Å². The van der Waals surface area contributed by atoms with E-state index in [1.807, 2.05) is 45.0 Å². The lowest BCUT2D eigenvalue weighted by Crippen LogP contribution is -3.14. The molecular weight excluding hydrogens is 254 g/mol. The minimum atomic E-state index is -0.0725. The molecule has 110 valence electrons. The summed E-state index contributed by atoms with van der Waals surface area (Å²) in [4.78, 5) is 24.4. The number of hydrogen-bond acceptors (Lipinski definition) is 2. The van der Waals surface area contributed by atoms with Crippen molar-refractivity contribution in [3.63, 3.8) is 0 Å². The van der Waals surface area contributed by atoms with Gasteiger partial charge in [0.15, 0.2) is 13.1 Å². The molecule has 0 aliphatic rings. The maximum Gasteiger partial charge on any atom is 0.279 e. The van der Waals surface area contributed by atoms with Crippen LogP contribution < -0.4 is 15.5 Å². The molecule has 20 heavy (non-hydrogen) atoms. The van der Waals surface area contributed by atoms with Crippen molar-refractivity contribution in [2.24, 2.45) is 0 Å². The molecule has 0 saturated heterocycles. The first kappa shape index (κ1) is 16.2. The molecule has 0 aliphatic carbocycles. The summed E-state index contributed by atoms with van der Waals surface area (Å²) in [5.41, 5.74) is 1.90. The first-order valence-corrected chi connectivity index (χ1v) is 7.02. The second-order valence-corrected chi connectivity index (χ2v) is 4.83. The van der Waals surface area contributed by atoms with Gasteiger partial charge in [-0.3, -0.25) is 9.59 Å². The Labute approximate surface area is 120 Å². The fourth-order valence-electron chi connectivity index (χ4n) is 1.95. The third-order valence-electron chi connectivity index (χ3n) is 3.00. The zero-order valence-electron chi connectivity index (χ0n) is 12.5. The Bertz CT molecular complexity index is 460. The number of aryl methyl sites for hydroxylation is 1. The summed E-state index contributed by atoms with van der Waals surface area (Å²) >= 11 is 0. The van der Waals surface area contributed by atoms with Crippen molar-refractivity contribution >= 4 is 17.5 Å². The Morgan fingerprint density at radius 3 is 2.45 bits per heavy atom. The van der Waals surface area contributed by atoms with Gasteiger partial charge in [-0.15, -0.1) is 0 Å². The Balaban J connectivity index is 2.48. The molecule has 3 N–H and O–H groups in total. The van der Waals surface area contributed by atoms with Gasteiger partial charge in [-0.2, -0.15) is 0 Å². The van der Waals surface area contributed by atoms with Gasteiger partial charge in [-0.25, -0.2) is 0 Å². The molecule has 5 nitrogen and oxygen atoms in total. The topological polar surface area (TPSA) is 62.6 Å². The van der Waals surface area contributed by atoms with E-state index in [0.717, 1.165) is 22.7 Å². The van der Waals surface area contributed by atoms with Crippen molar-refractivity contribution in [2.75, 3.05) is 31.5 Å². The average Bonchev–Trinajstić information content (AvgIpc) is 2.38. The predicted molar refractivity (Wildman–Crippen MR) is 79.7 cm³/mol. The Morgan fingerprint density at radius 2 is 1.85 bits per heavy atom. The van der Waals surface area contributed by atoms with Crippen molar-refractivity contribution in [1.82, 2.24) is 5.32 Å². The van der Waals surface area contributed by atoms with Crippen LogP contribution in [0, 0.1) is 6.92 Å². The van der Waals surface area contributed by atoms with Gasteiger partial charge in [0.1, 0.15) is 0 Å². The van der Waals surface area contributed by atoms with E-state index < -0.39 is 0 Å². The van der Waals surface area contributed by atoms with Crippen LogP contribution in [0.1, 0.15) is 19.4 Å². The van der Waals surface area contributed by atoms with Crippen LogP contribution in [0.15, 0.2) is 24.3 Å². The van der Waals surface area contributed by atoms with E-state index in [0.29, 0.717) is 19.6 Å². The monoisotopic (exact) mass is 278 g/mol. The number of rotatable bonds is 7. The third-order valence-corrected chi connectivity index (χ3v) is 3.00. The lowest BCUT2D eigenvalue weighted by molar-refractivity contribution is -0.881. The lowest BCUT2D eigenvalue weighted by Gasteiger charge is -2.16. The zero-order valence-corrected chi connectivity index (χ0v) is 12.5. The highest BCUT2D eigenvalue weighted by Crippen LogP contribution is 2.08. The average molecular weight is 278 g/mol. The van der Waals surface area contributed by atoms with Crippen molar-refractivity contribution in [3.8, 4) is 0 Å². The normalized spacial score (nSPS) is 11.8. The summed E-state index contributed by atoms with van der Waals surface area (Å²) in [6, 6.07) is 7.67. The fraction of sp³-hybridized carbons (Fsp3) is 0.467. The molecule has 2 amide bonds. The van der Waals surface area contributed by atoms with Crippen molar-refractivity contribution in [1.29, 1.82) is 0 Å². The van der Waals surface area contributed by atoms with Crippen LogP contribution in [0.5, 0.6) is 0 Å². The molecule has 5 heteroatoms. The lowest BCUT2D eigenvalue weighted by atomic mass is 10.2. The smallest absolute Gasteiger partial charge is 0.279 e. The van der Waals surface area contributed by atoms with E-state index in [-0.39, 0.29) is 11.8 Å². The van der Waals surface area contributed by atoms with E-state index in [4.69, 9.17) is 0 Å². The van der Waals surface area contributed by atoms with Gasteiger partial charge in [0.05, 0.1) is 6.54 Å². The molecule has 0 spiro atoms. The summed E-state index contributed by atoms with van der Waals surface area (Å²) in [7, 11) is 0. The van der Waals surface area contributed by atoms with Crippen molar-refractivity contribution in [2.45, 2.75) is 20.8 Å². The number of carbonyl (C=O) groups is 2. The first-order chi connectivity index (χ1) is 9.55.